The number of morpholine rings is 1. The Balaban J connectivity index is 2.08. The summed E-state index contributed by atoms with van der Waals surface area (Å²) in [6.45, 7) is 1.87. The summed E-state index contributed by atoms with van der Waals surface area (Å²) in [6.07, 6.45) is -0.00221. The molecular weight excluding hydrogens is 265 g/mol. The number of hydrogen-bond donors (Lipinski definition) is 1. The van der Waals surface area contributed by atoms with Crippen molar-refractivity contribution in [1.29, 1.82) is 0 Å². The van der Waals surface area contributed by atoms with E-state index in [4.69, 9.17) is 14.6 Å². The molecule has 0 spiro atoms. The van der Waals surface area contributed by atoms with Crippen molar-refractivity contribution in [3.63, 3.8) is 0 Å². The van der Waals surface area contributed by atoms with E-state index in [-0.39, 0.29) is 18.3 Å². The maximum absolute atomic E-state index is 13.9. The average Bonchev–Trinajstić information content (AvgIpc) is 2.42. The molecule has 1 saturated heterocycles. The van der Waals surface area contributed by atoms with Crippen molar-refractivity contribution in [2.45, 2.75) is 19.0 Å². The molecule has 1 aliphatic heterocycles. The lowest BCUT2D eigenvalue weighted by atomic mass is 10.1. The Labute approximate surface area is 116 Å². The van der Waals surface area contributed by atoms with Crippen LogP contribution in [-0.2, 0) is 16.1 Å². The number of aliphatic carboxylic acids is 1. The Bertz CT molecular complexity index is 480. The smallest absolute Gasteiger partial charge is 0.305 e. The number of carboxylic acids is 1. The van der Waals surface area contributed by atoms with Crippen LogP contribution < -0.4 is 4.74 Å². The fraction of sp³-hybridized carbons (Fsp3) is 0.500. The van der Waals surface area contributed by atoms with E-state index in [0.717, 1.165) is 0 Å². The van der Waals surface area contributed by atoms with E-state index in [1.165, 1.54) is 13.2 Å². The summed E-state index contributed by atoms with van der Waals surface area (Å²) in [4.78, 5) is 12.8. The van der Waals surface area contributed by atoms with E-state index >= 15 is 0 Å². The third-order valence-electron chi connectivity index (χ3n) is 3.39. The van der Waals surface area contributed by atoms with Gasteiger partial charge < -0.3 is 14.6 Å². The molecule has 0 saturated carbocycles. The molecule has 20 heavy (non-hydrogen) atoms. The molecule has 1 heterocycles. The second-order valence-corrected chi connectivity index (χ2v) is 4.75. The fourth-order valence-electron chi connectivity index (χ4n) is 2.29. The Hall–Kier alpha value is -1.66. The van der Waals surface area contributed by atoms with Crippen LogP contribution in [0.1, 0.15) is 12.0 Å². The van der Waals surface area contributed by atoms with Crippen LogP contribution in [0.5, 0.6) is 5.75 Å². The third-order valence-corrected chi connectivity index (χ3v) is 3.39. The van der Waals surface area contributed by atoms with E-state index in [1.54, 1.807) is 12.1 Å². The van der Waals surface area contributed by atoms with Gasteiger partial charge in [-0.2, -0.15) is 0 Å². The van der Waals surface area contributed by atoms with Crippen LogP contribution in [0, 0.1) is 5.82 Å². The molecule has 6 heteroatoms. The van der Waals surface area contributed by atoms with Crippen LogP contribution in [0.2, 0.25) is 0 Å². The molecule has 0 aromatic heterocycles. The van der Waals surface area contributed by atoms with Gasteiger partial charge in [-0.1, -0.05) is 6.07 Å². The Morgan fingerprint density at radius 1 is 1.60 bits per heavy atom. The summed E-state index contributed by atoms with van der Waals surface area (Å²) in [7, 11) is 1.49. The van der Waals surface area contributed by atoms with Gasteiger partial charge in [0.1, 0.15) is 11.6 Å². The Morgan fingerprint density at radius 2 is 2.40 bits per heavy atom. The van der Waals surface area contributed by atoms with E-state index in [9.17, 15) is 9.18 Å². The lowest BCUT2D eigenvalue weighted by Crippen LogP contribution is -2.46. The van der Waals surface area contributed by atoms with Crippen molar-refractivity contribution in [1.82, 2.24) is 4.90 Å². The van der Waals surface area contributed by atoms with Crippen molar-refractivity contribution >= 4 is 5.97 Å². The standard InChI is InChI=1S/C14H18FNO4/c1-19-12-3-2-10(13(15)7-12)8-16-4-5-20-9-11(16)6-14(17)18/h2-3,7,11H,4-6,8-9H2,1H3,(H,17,18). The number of halogens is 1. The quantitative estimate of drug-likeness (QED) is 0.887. The molecule has 1 atom stereocenters. The van der Waals surface area contributed by atoms with Crippen molar-refractivity contribution < 1.29 is 23.8 Å². The first kappa shape index (κ1) is 14.7. The normalized spacial score (nSPS) is 19.8. The largest absolute Gasteiger partial charge is 0.497 e. The highest BCUT2D eigenvalue weighted by Crippen LogP contribution is 2.20. The first-order valence-electron chi connectivity index (χ1n) is 6.46. The SMILES string of the molecule is COc1ccc(CN2CCOCC2CC(=O)O)c(F)c1. The average molecular weight is 283 g/mol. The highest BCUT2D eigenvalue weighted by Gasteiger charge is 2.26. The second-order valence-electron chi connectivity index (χ2n) is 4.75. The molecule has 5 nitrogen and oxygen atoms in total. The maximum Gasteiger partial charge on any atom is 0.305 e. The predicted octanol–water partition coefficient (Wildman–Crippen LogP) is 1.51. The second kappa shape index (κ2) is 6.67. The monoisotopic (exact) mass is 283 g/mol. The minimum Gasteiger partial charge on any atom is -0.497 e. The van der Waals surface area contributed by atoms with Crippen LogP contribution in [0.4, 0.5) is 4.39 Å². The van der Waals surface area contributed by atoms with Gasteiger partial charge in [-0.3, -0.25) is 9.69 Å². The Kier molecular flexibility index (Phi) is 4.92. The summed E-state index contributed by atoms with van der Waals surface area (Å²) < 4.78 is 24.2. The van der Waals surface area contributed by atoms with E-state index in [1.807, 2.05) is 4.90 Å². The molecule has 0 aliphatic carbocycles. The maximum atomic E-state index is 13.9. The fourth-order valence-corrected chi connectivity index (χ4v) is 2.29. The molecule has 1 N–H and O–H groups in total. The molecule has 0 bridgehead atoms. The lowest BCUT2D eigenvalue weighted by Gasteiger charge is -2.34. The number of ether oxygens (including phenoxy) is 2. The molecule has 1 aromatic rings. The van der Waals surface area contributed by atoms with E-state index < -0.39 is 5.97 Å². The zero-order valence-electron chi connectivity index (χ0n) is 11.3. The van der Waals surface area contributed by atoms with Gasteiger partial charge in [0, 0.05) is 30.8 Å². The minimum atomic E-state index is -0.874. The highest BCUT2D eigenvalue weighted by atomic mass is 19.1. The van der Waals surface area contributed by atoms with Crippen LogP contribution in [0.3, 0.4) is 0 Å². The van der Waals surface area contributed by atoms with Crippen molar-refractivity contribution in [3.05, 3.63) is 29.6 Å². The van der Waals surface area contributed by atoms with Crippen LogP contribution >= 0.6 is 0 Å². The number of methoxy groups -OCH3 is 1. The molecule has 0 radical (unpaired) electrons. The molecule has 1 aromatic carbocycles. The van der Waals surface area contributed by atoms with Gasteiger partial charge >= 0.3 is 5.97 Å². The molecule has 2 rings (SSSR count). The minimum absolute atomic E-state index is 0.00221. The molecule has 0 amide bonds. The molecule has 1 aliphatic rings. The third kappa shape index (κ3) is 3.68. The van der Waals surface area contributed by atoms with E-state index in [0.29, 0.717) is 37.6 Å². The summed E-state index contributed by atoms with van der Waals surface area (Å²) >= 11 is 0. The van der Waals surface area contributed by atoms with Gasteiger partial charge in [-0.15, -0.1) is 0 Å². The highest BCUT2D eigenvalue weighted by molar-refractivity contribution is 5.67. The van der Waals surface area contributed by atoms with Gasteiger partial charge in [-0.25, -0.2) is 4.39 Å². The zero-order chi connectivity index (χ0) is 14.5. The number of benzene rings is 1. The van der Waals surface area contributed by atoms with Crippen LogP contribution in [0.15, 0.2) is 18.2 Å². The van der Waals surface area contributed by atoms with Crippen molar-refractivity contribution in [2.75, 3.05) is 26.9 Å². The summed E-state index contributed by atoms with van der Waals surface area (Å²) in [5, 5.41) is 8.90. The predicted molar refractivity (Wildman–Crippen MR) is 70.2 cm³/mol. The molecular formula is C14H18FNO4. The van der Waals surface area contributed by atoms with Crippen molar-refractivity contribution in [2.24, 2.45) is 0 Å². The molecule has 1 unspecified atom stereocenters. The summed E-state index contributed by atoms with van der Waals surface area (Å²) in [6, 6.07) is 4.48. The topological polar surface area (TPSA) is 59.0 Å². The number of nitrogens with zero attached hydrogens (tertiary/aromatic N) is 1. The van der Waals surface area contributed by atoms with Crippen molar-refractivity contribution in [3.8, 4) is 5.75 Å². The first-order chi connectivity index (χ1) is 9.60. The van der Waals surface area contributed by atoms with Gasteiger partial charge in [0.05, 0.1) is 26.7 Å². The summed E-state index contributed by atoms with van der Waals surface area (Å²) in [5.41, 5.74) is 0.531. The Morgan fingerprint density at radius 3 is 3.05 bits per heavy atom. The number of rotatable bonds is 5. The number of carboxylic acid groups (broad SMARTS) is 1. The van der Waals surface area contributed by atoms with Crippen LogP contribution in [0.25, 0.3) is 0 Å². The van der Waals surface area contributed by atoms with Crippen LogP contribution in [-0.4, -0.2) is 48.9 Å². The van der Waals surface area contributed by atoms with Gasteiger partial charge in [-0.05, 0) is 6.07 Å². The van der Waals surface area contributed by atoms with Gasteiger partial charge in [0.15, 0.2) is 0 Å². The number of carbonyl (C=O) groups is 1. The zero-order valence-corrected chi connectivity index (χ0v) is 11.3. The lowest BCUT2D eigenvalue weighted by molar-refractivity contribution is -0.140. The molecule has 110 valence electrons. The first-order valence-corrected chi connectivity index (χ1v) is 6.46. The van der Waals surface area contributed by atoms with Gasteiger partial charge in [0.2, 0.25) is 0 Å². The van der Waals surface area contributed by atoms with Gasteiger partial charge in [0.25, 0.3) is 0 Å². The van der Waals surface area contributed by atoms with E-state index in [2.05, 4.69) is 0 Å². The molecule has 1 fully saturated rings. The summed E-state index contributed by atoms with van der Waals surface area (Å²) in [5.74, 6) is -0.749. The number of hydrogen-bond acceptors (Lipinski definition) is 4.